The normalized spacial score (nSPS) is 19.8. The summed E-state index contributed by atoms with van der Waals surface area (Å²) in [6.45, 7) is 0. The molecule has 1 unspecified atom stereocenters. The molecule has 1 aromatic heterocycles. The molecule has 1 atom stereocenters. The zero-order valence-electron chi connectivity index (χ0n) is 8.11. The van der Waals surface area contributed by atoms with Crippen LogP contribution < -0.4 is 5.73 Å². The average molecular weight is 179 g/mol. The molecule has 3 heteroatoms. The van der Waals surface area contributed by atoms with E-state index in [1.165, 1.54) is 19.3 Å². The third-order valence-electron chi connectivity index (χ3n) is 3.05. The highest BCUT2D eigenvalue weighted by molar-refractivity contribution is 5.04. The van der Waals surface area contributed by atoms with E-state index < -0.39 is 0 Å². The third-order valence-corrected chi connectivity index (χ3v) is 3.05. The van der Waals surface area contributed by atoms with Crippen LogP contribution in [-0.2, 0) is 7.05 Å². The fraction of sp³-hybridized carbons (Fsp3) is 0.700. The number of rotatable bonds is 3. The second-order valence-electron chi connectivity index (χ2n) is 4.07. The number of aryl methyl sites for hydroxylation is 1. The second kappa shape index (κ2) is 3.50. The Morgan fingerprint density at radius 1 is 1.69 bits per heavy atom. The fourth-order valence-corrected chi connectivity index (χ4v) is 1.93. The predicted molar refractivity (Wildman–Crippen MR) is 52.1 cm³/mol. The van der Waals surface area contributed by atoms with Crippen molar-refractivity contribution in [3.63, 3.8) is 0 Å². The molecule has 13 heavy (non-hydrogen) atoms. The molecular formula is C10H17N3. The van der Waals surface area contributed by atoms with Gasteiger partial charge in [-0.3, -0.25) is 0 Å². The Morgan fingerprint density at radius 2 is 2.46 bits per heavy atom. The highest BCUT2D eigenvalue weighted by Gasteiger charge is 2.21. The van der Waals surface area contributed by atoms with Crippen LogP contribution in [0.3, 0.4) is 0 Å². The molecular weight excluding hydrogens is 162 g/mol. The highest BCUT2D eigenvalue weighted by Crippen LogP contribution is 2.33. The van der Waals surface area contributed by atoms with Crippen LogP contribution in [-0.4, -0.2) is 9.55 Å². The van der Waals surface area contributed by atoms with E-state index in [0.717, 1.165) is 18.0 Å². The minimum Gasteiger partial charge on any atom is -0.336 e. The molecule has 3 nitrogen and oxygen atoms in total. The van der Waals surface area contributed by atoms with Crippen LogP contribution in [0.5, 0.6) is 0 Å². The first-order valence-corrected chi connectivity index (χ1v) is 4.99. The molecule has 1 aromatic rings. The van der Waals surface area contributed by atoms with Gasteiger partial charge in [-0.05, 0) is 12.3 Å². The molecule has 0 radical (unpaired) electrons. The Kier molecular flexibility index (Phi) is 2.36. The zero-order valence-corrected chi connectivity index (χ0v) is 8.11. The first-order valence-electron chi connectivity index (χ1n) is 4.99. The highest BCUT2D eigenvalue weighted by atomic mass is 15.0. The van der Waals surface area contributed by atoms with Crippen molar-refractivity contribution in [3.05, 3.63) is 18.2 Å². The fourth-order valence-electron chi connectivity index (χ4n) is 1.93. The van der Waals surface area contributed by atoms with E-state index in [-0.39, 0.29) is 6.04 Å². The molecule has 72 valence electrons. The number of hydrogen-bond acceptors (Lipinski definition) is 2. The van der Waals surface area contributed by atoms with E-state index in [0.29, 0.717) is 0 Å². The first kappa shape index (κ1) is 8.75. The Hall–Kier alpha value is -0.830. The van der Waals surface area contributed by atoms with Crippen LogP contribution in [0.25, 0.3) is 0 Å². The van der Waals surface area contributed by atoms with Crippen molar-refractivity contribution in [3.8, 4) is 0 Å². The van der Waals surface area contributed by atoms with Gasteiger partial charge in [-0.25, -0.2) is 4.98 Å². The Labute approximate surface area is 79.0 Å². The summed E-state index contributed by atoms with van der Waals surface area (Å²) in [4.78, 5) is 4.08. The lowest BCUT2D eigenvalue weighted by molar-refractivity contribution is 0.274. The lowest BCUT2D eigenvalue weighted by atomic mass is 9.80. The largest absolute Gasteiger partial charge is 0.336 e. The van der Waals surface area contributed by atoms with Gasteiger partial charge in [0, 0.05) is 19.3 Å². The molecule has 1 aliphatic rings. The molecule has 2 N–H and O–H groups in total. The number of imidazole rings is 1. The third kappa shape index (κ3) is 1.75. The van der Waals surface area contributed by atoms with Gasteiger partial charge in [0.1, 0.15) is 0 Å². The van der Waals surface area contributed by atoms with Crippen LogP contribution in [0.2, 0.25) is 0 Å². The Morgan fingerprint density at radius 3 is 2.92 bits per heavy atom. The van der Waals surface area contributed by atoms with Crippen molar-refractivity contribution in [2.75, 3.05) is 0 Å². The summed E-state index contributed by atoms with van der Waals surface area (Å²) in [6.07, 6.45) is 8.94. The lowest BCUT2D eigenvalue weighted by Crippen LogP contribution is -2.21. The standard InChI is InChI=1S/C10H17N3/c1-13-7-12-6-10(13)9(11)5-8-3-2-4-8/h6-9H,2-5,11H2,1H3. The average Bonchev–Trinajstić information content (AvgIpc) is 2.43. The molecule has 0 spiro atoms. The van der Waals surface area contributed by atoms with Crippen LogP contribution in [0.15, 0.2) is 12.5 Å². The van der Waals surface area contributed by atoms with Crippen molar-refractivity contribution >= 4 is 0 Å². The van der Waals surface area contributed by atoms with Crippen molar-refractivity contribution < 1.29 is 0 Å². The number of aromatic nitrogens is 2. The minimum absolute atomic E-state index is 0.179. The van der Waals surface area contributed by atoms with Crippen molar-refractivity contribution in [2.45, 2.75) is 31.7 Å². The van der Waals surface area contributed by atoms with Crippen LogP contribution in [0.1, 0.15) is 37.4 Å². The predicted octanol–water partition coefficient (Wildman–Crippen LogP) is 1.61. The summed E-state index contributed by atoms with van der Waals surface area (Å²) in [5.74, 6) is 0.866. The molecule has 1 aliphatic carbocycles. The Balaban J connectivity index is 1.96. The molecule has 1 fully saturated rings. The molecule has 0 bridgehead atoms. The van der Waals surface area contributed by atoms with E-state index in [9.17, 15) is 0 Å². The minimum atomic E-state index is 0.179. The van der Waals surface area contributed by atoms with Gasteiger partial charge in [-0.15, -0.1) is 0 Å². The molecule has 2 rings (SSSR count). The van der Waals surface area contributed by atoms with Gasteiger partial charge in [-0.1, -0.05) is 19.3 Å². The van der Waals surface area contributed by atoms with Gasteiger partial charge in [0.2, 0.25) is 0 Å². The summed E-state index contributed by atoms with van der Waals surface area (Å²) < 4.78 is 2.02. The topological polar surface area (TPSA) is 43.8 Å². The van der Waals surface area contributed by atoms with Gasteiger partial charge < -0.3 is 10.3 Å². The van der Waals surface area contributed by atoms with Crippen molar-refractivity contribution in [1.29, 1.82) is 0 Å². The second-order valence-corrected chi connectivity index (χ2v) is 4.07. The summed E-state index contributed by atoms with van der Waals surface area (Å²) in [5.41, 5.74) is 7.25. The maximum Gasteiger partial charge on any atom is 0.0946 e. The van der Waals surface area contributed by atoms with E-state index in [1.54, 1.807) is 0 Å². The maximum absolute atomic E-state index is 6.09. The molecule has 0 amide bonds. The monoisotopic (exact) mass is 179 g/mol. The molecule has 0 saturated heterocycles. The molecule has 0 aromatic carbocycles. The quantitative estimate of drug-likeness (QED) is 0.766. The van der Waals surface area contributed by atoms with E-state index >= 15 is 0 Å². The molecule has 1 saturated carbocycles. The number of nitrogens with zero attached hydrogens (tertiary/aromatic N) is 2. The number of nitrogens with two attached hydrogens (primary N) is 1. The summed E-state index contributed by atoms with van der Waals surface area (Å²) >= 11 is 0. The number of hydrogen-bond donors (Lipinski definition) is 1. The van der Waals surface area contributed by atoms with Crippen LogP contribution in [0, 0.1) is 5.92 Å². The maximum atomic E-state index is 6.09. The van der Waals surface area contributed by atoms with Gasteiger partial charge in [0.15, 0.2) is 0 Å². The van der Waals surface area contributed by atoms with Gasteiger partial charge in [0.25, 0.3) is 0 Å². The SMILES string of the molecule is Cn1cncc1C(N)CC1CCC1. The Bertz CT molecular complexity index is 275. The summed E-state index contributed by atoms with van der Waals surface area (Å²) in [5, 5.41) is 0. The summed E-state index contributed by atoms with van der Waals surface area (Å²) in [7, 11) is 2.00. The lowest BCUT2D eigenvalue weighted by Gasteiger charge is -2.28. The van der Waals surface area contributed by atoms with Crippen molar-refractivity contribution in [2.24, 2.45) is 18.7 Å². The van der Waals surface area contributed by atoms with Crippen LogP contribution >= 0.6 is 0 Å². The molecule has 1 heterocycles. The smallest absolute Gasteiger partial charge is 0.0946 e. The van der Waals surface area contributed by atoms with Crippen molar-refractivity contribution in [1.82, 2.24) is 9.55 Å². The van der Waals surface area contributed by atoms with Crippen LogP contribution in [0.4, 0.5) is 0 Å². The summed E-state index contributed by atoms with van der Waals surface area (Å²) in [6, 6.07) is 0.179. The van der Waals surface area contributed by atoms with Gasteiger partial charge >= 0.3 is 0 Å². The van der Waals surface area contributed by atoms with Gasteiger partial charge in [0.05, 0.1) is 12.0 Å². The van der Waals surface area contributed by atoms with Gasteiger partial charge in [-0.2, -0.15) is 0 Å². The zero-order chi connectivity index (χ0) is 9.26. The first-order chi connectivity index (χ1) is 6.27. The van der Waals surface area contributed by atoms with E-state index in [4.69, 9.17) is 5.73 Å². The van der Waals surface area contributed by atoms with E-state index in [2.05, 4.69) is 4.98 Å². The molecule has 0 aliphatic heterocycles. The van der Waals surface area contributed by atoms with E-state index in [1.807, 2.05) is 24.1 Å².